The largest absolute Gasteiger partial charge is 0.480 e. The molecule has 32 nitrogen and oxygen atoms in total. The van der Waals surface area contributed by atoms with E-state index in [-0.39, 0.29) is 125 Å². The number of nitrogens with zero attached hydrogens (tertiary/aromatic N) is 7. The van der Waals surface area contributed by atoms with Gasteiger partial charge in [0.2, 0.25) is 47.3 Å². The Labute approximate surface area is 530 Å². The number of aliphatic hydroxyl groups excluding tert-OH is 2. The predicted octanol–water partition coefficient (Wildman–Crippen LogP) is -4.77. The van der Waals surface area contributed by atoms with Gasteiger partial charge in [-0.25, -0.2) is 4.79 Å². The van der Waals surface area contributed by atoms with Crippen molar-refractivity contribution in [3.8, 4) is 0 Å². The van der Waals surface area contributed by atoms with E-state index in [4.69, 9.17) is 40.1 Å². The van der Waals surface area contributed by atoms with Crippen molar-refractivity contribution >= 4 is 93.2 Å². The Balaban J connectivity index is 1.10. The quantitative estimate of drug-likeness (QED) is 0.0186. The number of hydrogen-bond donors (Lipinski definition) is 15. The number of benzene rings is 1. The van der Waals surface area contributed by atoms with Crippen LogP contribution < -0.4 is 71.6 Å². The maximum Gasteiger partial charge on any atom is 0.326 e. The van der Waals surface area contributed by atoms with Gasteiger partial charge in [-0.1, -0.05) is 24.3 Å². The second-order valence-corrected chi connectivity index (χ2v) is 24.1. The number of β-amino-alcohol motifs (C(OH)–C–C–N with tert-alkyl or cyclic N) is 1. The van der Waals surface area contributed by atoms with Gasteiger partial charge in [0.05, 0.1) is 36.3 Å². The van der Waals surface area contributed by atoms with Crippen LogP contribution in [-0.2, 0) is 60.9 Å². The van der Waals surface area contributed by atoms with Crippen molar-refractivity contribution in [3.63, 3.8) is 0 Å². The van der Waals surface area contributed by atoms with Gasteiger partial charge >= 0.3 is 5.97 Å². The molecular formula is C58H89N19O13S. The lowest BCUT2D eigenvalue weighted by atomic mass is 9.79. The van der Waals surface area contributed by atoms with Crippen molar-refractivity contribution in [2.24, 2.45) is 61.0 Å². The molecule has 0 bridgehead atoms. The van der Waals surface area contributed by atoms with Gasteiger partial charge in [-0.2, -0.15) is 0 Å². The van der Waals surface area contributed by atoms with E-state index in [1.807, 2.05) is 24.3 Å². The van der Waals surface area contributed by atoms with E-state index in [1.54, 1.807) is 17.5 Å². The van der Waals surface area contributed by atoms with Gasteiger partial charge in [-0.15, -0.1) is 11.3 Å². The first-order valence-electron chi connectivity index (χ1n) is 30.6. The lowest BCUT2D eigenvalue weighted by Gasteiger charge is -2.40. The standard InChI is InChI=1S/C58H89N19O13S/c1-32(71-45(80)28-70-51(85)44-26-37(79)29-76(44)54(88)42-14-7-23-74(42)52(86)39(12-5-21-67-57(62)63)72-50(84)38(59)11-4-20-66-56(60)61)49(83)73-41(31-78)53(87)75(30-46(81)77(47-15-8-24-91-47)43(55(89)90)13-6-22-68-58(64)65)36-18-16-33(17-19-36)48(82)40-25-34-9-2-3-10-35(34)27-69-40/h2-3,8-10,15,24,32-33,36-44,69,78-79H,4-7,11-14,16-23,25-31,59H2,1H3,(H,70,85)(H,71,80)(H,72,84)(H,73,83)(H,89,90)(H4,60,61,66)(H4,62,63,67)(H4,64,65,68)/t32-,33?,36?,37?,38+,39-,40?,41-,42-,43-,44-/m0/s1. The number of aliphatic hydroxyl groups is 2. The Morgan fingerprint density at radius 1 is 0.758 bits per heavy atom. The fraction of sp³-hybridized carbons (Fsp3) is 0.603. The zero-order valence-corrected chi connectivity index (χ0v) is 52.0. The number of aliphatic imine (C=N–C) groups is 3. The molecule has 91 heavy (non-hydrogen) atoms. The van der Waals surface area contributed by atoms with E-state index in [0.717, 1.165) is 32.3 Å². The van der Waals surface area contributed by atoms with Gasteiger partial charge in [-0.3, -0.25) is 63.0 Å². The van der Waals surface area contributed by atoms with E-state index in [9.17, 15) is 63.3 Å². The predicted molar refractivity (Wildman–Crippen MR) is 337 cm³/mol. The molecule has 3 aliphatic heterocycles. The molecule has 9 atom stereocenters. The highest BCUT2D eigenvalue weighted by atomic mass is 32.1. The van der Waals surface area contributed by atoms with Crippen LogP contribution in [0, 0.1) is 5.92 Å². The van der Waals surface area contributed by atoms with E-state index >= 15 is 0 Å². The molecule has 33 heteroatoms. The number of carboxylic acid groups (broad SMARTS) is 1. The van der Waals surface area contributed by atoms with Crippen LogP contribution in [0.2, 0.25) is 0 Å². The highest BCUT2D eigenvalue weighted by Crippen LogP contribution is 2.33. The van der Waals surface area contributed by atoms with Gasteiger partial charge in [0.1, 0.15) is 42.8 Å². The zero-order valence-electron chi connectivity index (χ0n) is 51.2. The molecule has 1 saturated carbocycles. The molecule has 0 radical (unpaired) electrons. The molecule has 4 heterocycles. The minimum Gasteiger partial charge on any atom is -0.480 e. The number of carbonyl (C=O) groups is 10. The van der Waals surface area contributed by atoms with Gasteiger partial charge in [-0.05, 0) is 119 Å². The normalized spacial score (nSPS) is 21.0. The average molecular weight is 1290 g/mol. The minimum absolute atomic E-state index is 0.0169. The number of nitrogens with one attached hydrogen (secondary N) is 5. The highest BCUT2D eigenvalue weighted by molar-refractivity contribution is 7.14. The Hall–Kier alpha value is -8.53. The summed E-state index contributed by atoms with van der Waals surface area (Å²) >= 11 is 1.09. The summed E-state index contributed by atoms with van der Waals surface area (Å²) in [6.45, 7) is -0.339. The van der Waals surface area contributed by atoms with Crippen molar-refractivity contribution in [3.05, 3.63) is 52.9 Å². The van der Waals surface area contributed by atoms with E-state index in [2.05, 4.69) is 41.6 Å². The number of amides is 8. The minimum atomic E-state index is -1.70. The monoisotopic (exact) mass is 1290 g/mol. The van der Waals surface area contributed by atoms with Crippen LogP contribution in [0.5, 0.6) is 0 Å². The number of guanidine groups is 3. The number of Topliss-reactive ketones (excluding diaryl/α,β-unsaturated/α-hetero) is 1. The van der Waals surface area contributed by atoms with Crippen LogP contribution in [0.15, 0.2) is 56.8 Å². The van der Waals surface area contributed by atoms with Crippen LogP contribution in [-0.4, -0.2) is 220 Å². The van der Waals surface area contributed by atoms with Gasteiger partial charge < -0.3 is 96.7 Å². The van der Waals surface area contributed by atoms with E-state index < -0.39 is 133 Å². The molecule has 1 aliphatic carbocycles. The number of ketones is 1. The SMILES string of the molecule is C[C@H](NC(=O)CNC(=O)[C@@H]1CC(O)CN1C(=O)[C@@H]1CCCN1C(=O)[C@H](CCCN=C(N)N)NC(=O)[C@H](N)CCCN=C(N)N)C(=O)N[C@@H](CO)C(=O)N(CC(=O)N(c1cccs1)[C@@H](CCCN=C(N)N)C(=O)O)C1CCC(C(=O)C2Cc3ccccc3CN2)CC1. The van der Waals surface area contributed by atoms with Crippen molar-refractivity contribution in [2.75, 3.05) is 57.3 Å². The first kappa shape index (κ1) is 71.5. The third-order valence-corrected chi connectivity index (χ3v) is 17.5. The molecule has 6 rings (SSSR count). The number of hydrogen-bond acceptors (Lipinski definition) is 18. The average Bonchev–Trinajstić information content (AvgIpc) is 1.84. The number of aliphatic carboxylic acids is 1. The van der Waals surface area contributed by atoms with Crippen LogP contribution in [0.1, 0.15) is 102 Å². The second-order valence-electron chi connectivity index (χ2n) is 23.2. The van der Waals surface area contributed by atoms with Crippen LogP contribution >= 0.6 is 11.3 Å². The molecule has 2 saturated heterocycles. The first-order chi connectivity index (χ1) is 43.4. The summed E-state index contributed by atoms with van der Waals surface area (Å²) in [4.78, 5) is 156. The number of carboxylic acids is 1. The summed E-state index contributed by atoms with van der Waals surface area (Å²) in [5, 5.41) is 47.4. The maximum absolute atomic E-state index is 14.8. The number of likely N-dealkylation sites (tertiary alicyclic amines) is 2. The number of nitrogens with two attached hydrogens (primary N) is 7. The topological polar surface area (TPSA) is 524 Å². The second kappa shape index (κ2) is 34.6. The van der Waals surface area contributed by atoms with Crippen molar-refractivity contribution in [1.29, 1.82) is 0 Å². The molecule has 8 amide bonds. The number of rotatable bonds is 32. The van der Waals surface area contributed by atoms with Gasteiger partial charge in [0.25, 0.3) is 0 Å². The molecule has 22 N–H and O–H groups in total. The number of carbonyl (C=O) groups excluding carboxylic acids is 9. The molecule has 500 valence electrons. The lowest BCUT2D eigenvalue weighted by molar-refractivity contribution is -0.148. The van der Waals surface area contributed by atoms with Gasteiger partial charge in [0.15, 0.2) is 23.7 Å². The summed E-state index contributed by atoms with van der Waals surface area (Å²) in [6.07, 6.45) is 1.81. The number of fused-ring (bicyclic) bond motifs is 1. The Morgan fingerprint density at radius 2 is 1.38 bits per heavy atom. The number of thiophene rings is 1. The van der Waals surface area contributed by atoms with E-state index in [1.165, 1.54) is 16.7 Å². The number of anilines is 1. The summed E-state index contributed by atoms with van der Waals surface area (Å²) in [5.41, 5.74) is 41.1. The third-order valence-electron chi connectivity index (χ3n) is 16.6. The first-order valence-corrected chi connectivity index (χ1v) is 31.5. The fourth-order valence-electron chi connectivity index (χ4n) is 11.9. The van der Waals surface area contributed by atoms with Crippen molar-refractivity contribution < 1.29 is 63.3 Å². The van der Waals surface area contributed by atoms with Crippen LogP contribution in [0.4, 0.5) is 5.00 Å². The Morgan fingerprint density at radius 3 is 2.00 bits per heavy atom. The molecule has 1 aromatic heterocycles. The fourth-order valence-corrected chi connectivity index (χ4v) is 12.7. The molecule has 2 unspecified atom stereocenters. The van der Waals surface area contributed by atoms with Gasteiger partial charge in [0, 0.05) is 57.6 Å². The molecule has 1 aromatic carbocycles. The zero-order chi connectivity index (χ0) is 66.5. The smallest absolute Gasteiger partial charge is 0.326 e. The maximum atomic E-state index is 14.8. The molecule has 4 aliphatic rings. The summed E-state index contributed by atoms with van der Waals surface area (Å²) < 4.78 is 0. The Bertz CT molecular complexity index is 2970. The van der Waals surface area contributed by atoms with Crippen molar-refractivity contribution in [1.82, 2.24) is 41.3 Å². The third kappa shape index (κ3) is 20.5. The lowest BCUT2D eigenvalue weighted by Crippen LogP contribution is -2.59. The Kier molecular flexibility index (Phi) is 27.2. The molecule has 3 fully saturated rings. The van der Waals surface area contributed by atoms with Crippen molar-refractivity contribution in [2.45, 2.75) is 164 Å². The summed E-state index contributed by atoms with van der Waals surface area (Å²) in [7, 11) is 0. The highest BCUT2D eigenvalue weighted by Gasteiger charge is 2.46. The van der Waals surface area contributed by atoms with E-state index in [0.29, 0.717) is 38.6 Å². The summed E-state index contributed by atoms with van der Waals surface area (Å²) in [6, 6.07) is 0.782. The van der Waals surface area contributed by atoms with Crippen LogP contribution in [0.25, 0.3) is 0 Å². The van der Waals surface area contributed by atoms with Crippen LogP contribution in [0.3, 0.4) is 0 Å². The summed E-state index contributed by atoms with van der Waals surface area (Å²) in [5.74, 6) is -8.45. The molecule has 0 spiro atoms. The molecular weight excluding hydrogens is 1200 g/mol. The molecule has 2 aromatic rings.